The fourth-order valence-electron chi connectivity index (χ4n) is 10.7. The van der Waals surface area contributed by atoms with Crippen LogP contribution in [-0.2, 0) is 54.9 Å². The number of nitro groups is 1. The third kappa shape index (κ3) is 9.55. The molecule has 3 aliphatic heterocycles. The van der Waals surface area contributed by atoms with Gasteiger partial charge in [0.2, 0.25) is 11.8 Å². The van der Waals surface area contributed by atoms with E-state index >= 15 is 19.2 Å². The van der Waals surface area contributed by atoms with Gasteiger partial charge in [0, 0.05) is 24.1 Å². The summed E-state index contributed by atoms with van der Waals surface area (Å²) >= 11 is 1.17. The molecule has 394 valence electrons. The lowest BCUT2D eigenvalue weighted by molar-refractivity contribution is -0.384. The second-order valence-corrected chi connectivity index (χ2v) is 19.4. The zero-order chi connectivity index (χ0) is 54.7. The van der Waals surface area contributed by atoms with Crippen LogP contribution < -0.4 is 15.0 Å². The molecule has 3 aliphatic rings. The number of nitrogens with one attached hydrogen (secondary N) is 1. The quantitative estimate of drug-likeness (QED) is 0.0262. The van der Waals surface area contributed by atoms with Crippen LogP contribution in [0.4, 0.5) is 21.3 Å². The van der Waals surface area contributed by atoms with Gasteiger partial charge in [-0.25, -0.2) is 14.7 Å². The summed E-state index contributed by atoms with van der Waals surface area (Å²) in [6, 6.07) is 38.0. The lowest BCUT2D eigenvalue weighted by Crippen LogP contribution is -2.54. The molecule has 2 saturated heterocycles. The molecule has 1 aromatic heterocycles. The molecule has 7 aromatic rings. The van der Waals surface area contributed by atoms with Crippen LogP contribution in [0.15, 0.2) is 152 Å². The highest BCUT2D eigenvalue weighted by atomic mass is 32.1. The predicted octanol–water partition coefficient (Wildman–Crippen LogP) is 7.92. The number of amides is 3. The number of morpholine rings is 1. The van der Waals surface area contributed by atoms with Crippen LogP contribution in [0.3, 0.4) is 0 Å². The number of anilines is 2. The monoisotopic (exact) mass is 1070 g/mol. The van der Waals surface area contributed by atoms with E-state index in [0.717, 1.165) is 23.8 Å². The predicted molar refractivity (Wildman–Crippen MR) is 281 cm³/mol. The van der Waals surface area contributed by atoms with Crippen LogP contribution in [0, 0.1) is 33.8 Å². The number of thiazole rings is 1. The van der Waals surface area contributed by atoms with E-state index in [1.807, 2.05) is 65.6 Å². The molecule has 78 heavy (non-hydrogen) atoms. The highest BCUT2D eigenvalue weighted by molar-refractivity contribution is 7.22. The van der Waals surface area contributed by atoms with Crippen molar-refractivity contribution in [1.82, 2.24) is 9.88 Å². The van der Waals surface area contributed by atoms with Crippen molar-refractivity contribution in [3.63, 3.8) is 0 Å². The lowest BCUT2D eigenvalue weighted by Gasteiger charge is -2.46. The maximum Gasteiger partial charge on any atom is 0.421 e. The van der Waals surface area contributed by atoms with Gasteiger partial charge in [0.15, 0.2) is 11.0 Å². The third-order valence-corrected chi connectivity index (χ3v) is 15.0. The van der Waals surface area contributed by atoms with Crippen molar-refractivity contribution in [1.29, 1.82) is 0 Å². The maximum atomic E-state index is 16.8. The summed E-state index contributed by atoms with van der Waals surface area (Å²) in [6.07, 6.45) is -2.59. The van der Waals surface area contributed by atoms with Crippen LogP contribution in [0.5, 0.6) is 5.75 Å². The molecule has 4 heterocycles. The zero-order valence-electron chi connectivity index (χ0n) is 41.7. The van der Waals surface area contributed by atoms with Gasteiger partial charge in [-0.3, -0.25) is 39.0 Å². The van der Waals surface area contributed by atoms with Crippen LogP contribution in [0.2, 0.25) is 0 Å². The summed E-state index contributed by atoms with van der Waals surface area (Å²) in [5.41, 5.74) is 0.216. The average molecular weight is 1070 g/mol. The highest BCUT2D eigenvalue weighted by Gasteiger charge is 2.76. The number of nitro benzene ring substituents is 1. The maximum absolute atomic E-state index is 16.8. The van der Waals surface area contributed by atoms with E-state index in [1.54, 1.807) is 48.5 Å². The number of carbonyl (C=O) groups excluding carboxylic acids is 6. The Balaban J connectivity index is 1.24. The van der Waals surface area contributed by atoms with Gasteiger partial charge in [-0.05, 0) is 82.4 Å². The Morgan fingerprint density at radius 2 is 1.51 bits per heavy atom. The molecule has 2 fully saturated rings. The molecule has 10 rings (SSSR count). The summed E-state index contributed by atoms with van der Waals surface area (Å²) in [4.78, 5) is 107. The first-order valence-corrected chi connectivity index (χ1v) is 25.3. The molecule has 0 bridgehead atoms. The van der Waals surface area contributed by atoms with Crippen molar-refractivity contribution < 1.29 is 62.5 Å². The van der Waals surface area contributed by atoms with Gasteiger partial charge in [0.25, 0.3) is 5.69 Å². The Bertz CT molecular complexity index is 3500. The number of aliphatic hydroxyl groups excluding tert-OH is 1. The normalized spacial score (nSPS) is 20.3. The Kier molecular flexibility index (Phi) is 14.8. The van der Waals surface area contributed by atoms with Gasteiger partial charge in [-0.15, -0.1) is 0 Å². The number of imide groups is 1. The van der Waals surface area contributed by atoms with Gasteiger partial charge < -0.3 is 34.1 Å². The number of carbonyl (C=O) groups is 6. The van der Waals surface area contributed by atoms with Crippen molar-refractivity contribution >= 4 is 73.9 Å². The number of esters is 3. The number of hydrogen-bond acceptors (Lipinski definition) is 17. The molecule has 6 aromatic carbocycles. The number of fused-ring (bicyclic) bond motifs is 4. The molecule has 0 radical (unpaired) electrons. The first kappa shape index (κ1) is 52.2. The van der Waals surface area contributed by atoms with Crippen LogP contribution in [-0.4, -0.2) is 89.2 Å². The largest absolute Gasteiger partial charge is 0.491 e. The van der Waals surface area contributed by atoms with Gasteiger partial charge in [0.1, 0.15) is 36.5 Å². The molecule has 0 aliphatic carbocycles. The summed E-state index contributed by atoms with van der Waals surface area (Å²) < 4.78 is 28.9. The minimum atomic E-state index is -2.31. The number of hydrogen-bond donors (Lipinski definition) is 2. The van der Waals surface area contributed by atoms with Crippen molar-refractivity contribution in [2.75, 3.05) is 37.7 Å². The zero-order valence-corrected chi connectivity index (χ0v) is 42.5. The molecule has 19 nitrogen and oxygen atoms in total. The molecule has 1 spiro atoms. The SMILES string of the molecule is COC(=O)C(CC#Cc1ccc2c(c1)[C@]1(C(=O)N2C(=O)OCc2ccc([N+](=O)[O-])cc2)[C@H](c2cccc(OCCO)c2)N2[C@H](c3ccccc3)[C@H](c3ccccc3)OC(=O)[C@H]2[C@@H]1C(=O)Nc1nc2ccccc2s1)C(=O)OC. The second-order valence-electron chi connectivity index (χ2n) is 18.3. The number of methoxy groups -OCH3 is 2. The molecular weight excluding hydrogens is 1020 g/mol. The first-order chi connectivity index (χ1) is 37.9. The Hall–Kier alpha value is -9.29. The standard InChI is InChI=1S/C58H47N5O14S/c1-73-52(66)41(53(67)74-2)20-11-13-34-25-28-44-42(31-34)58(55(69)61(44)57(70)76-33-35-23-26-39(27-24-35)63(71)72)46(51(65)60-56-59-43-21-9-10-22-45(43)78-56)48-54(68)77-49(37-16-7-4-8-17-37)47(36-14-5-3-6-15-36)62(48)50(58)38-18-12-19-40(32-38)75-30-29-64/h3-10,12,14-19,21-28,31-32,41,46-50,64H,20,29-30,33H2,1-2H3,(H,59,60,65)/t46-,47-,48-,49+,50+,58-/m1/s1. The van der Waals surface area contributed by atoms with Crippen LogP contribution in [0.1, 0.15) is 58.0 Å². The van der Waals surface area contributed by atoms with Gasteiger partial charge in [-0.2, -0.15) is 0 Å². The third-order valence-electron chi connectivity index (χ3n) is 14.0. The smallest absolute Gasteiger partial charge is 0.421 e. The summed E-state index contributed by atoms with van der Waals surface area (Å²) in [5.74, 6) is -1.51. The van der Waals surface area contributed by atoms with E-state index in [2.05, 4.69) is 17.2 Å². The molecule has 20 heteroatoms. The number of aromatic nitrogens is 1. The van der Waals surface area contributed by atoms with E-state index in [1.165, 1.54) is 53.8 Å². The fourth-order valence-corrected chi connectivity index (χ4v) is 11.6. The van der Waals surface area contributed by atoms with Gasteiger partial charge >= 0.3 is 24.0 Å². The summed E-state index contributed by atoms with van der Waals surface area (Å²) in [7, 11) is 2.24. The van der Waals surface area contributed by atoms with E-state index in [-0.39, 0.29) is 53.0 Å². The molecule has 3 amide bonds. The van der Waals surface area contributed by atoms with Crippen LogP contribution in [0.25, 0.3) is 10.2 Å². The number of nitrogens with zero attached hydrogens (tertiary/aromatic N) is 4. The van der Waals surface area contributed by atoms with Crippen LogP contribution >= 0.6 is 11.3 Å². The number of rotatable bonds is 14. The number of para-hydroxylation sites is 1. The van der Waals surface area contributed by atoms with Crippen molar-refractivity contribution in [3.8, 4) is 17.6 Å². The number of ether oxygens (including phenoxy) is 5. The average Bonchev–Trinajstić information content (AvgIpc) is 2.94. The number of benzene rings is 6. The molecule has 0 saturated carbocycles. The van der Waals surface area contributed by atoms with Crippen molar-refractivity contribution in [3.05, 3.63) is 195 Å². The summed E-state index contributed by atoms with van der Waals surface area (Å²) in [6.45, 7) is -0.898. The van der Waals surface area contributed by atoms with E-state index < -0.39 is 88.8 Å². The number of aliphatic hydroxyl groups is 1. The lowest BCUT2D eigenvalue weighted by atomic mass is 9.65. The summed E-state index contributed by atoms with van der Waals surface area (Å²) in [5, 5.41) is 24.5. The first-order valence-electron chi connectivity index (χ1n) is 24.5. The topological polar surface area (TPSA) is 243 Å². The highest BCUT2D eigenvalue weighted by Crippen LogP contribution is 2.66. The Morgan fingerprint density at radius 1 is 0.833 bits per heavy atom. The number of non-ortho nitro benzene ring substituents is 1. The molecule has 6 atom stereocenters. The molecule has 2 N–H and O–H groups in total. The fraction of sp³-hybridized carbons (Fsp3) is 0.224. The van der Waals surface area contributed by atoms with Crippen molar-refractivity contribution in [2.24, 2.45) is 11.8 Å². The molecule has 0 unspecified atom stereocenters. The minimum absolute atomic E-state index is 0.0409. The Morgan fingerprint density at radius 3 is 2.19 bits per heavy atom. The van der Waals surface area contributed by atoms with E-state index in [9.17, 15) is 24.8 Å². The van der Waals surface area contributed by atoms with Crippen molar-refractivity contribution in [2.45, 2.75) is 42.7 Å². The number of cyclic esters (lactones) is 1. The minimum Gasteiger partial charge on any atom is -0.491 e. The van der Waals surface area contributed by atoms with Gasteiger partial charge in [-0.1, -0.05) is 108 Å². The Labute approximate surface area is 449 Å². The molecular formula is C58H47N5O14S. The van der Waals surface area contributed by atoms with E-state index in [4.69, 9.17) is 28.7 Å². The second kappa shape index (κ2) is 22.1. The van der Waals surface area contributed by atoms with Gasteiger partial charge in [0.05, 0.1) is 59.7 Å². The van der Waals surface area contributed by atoms with E-state index in [0.29, 0.717) is 27.8 Å².